The number of hydrogen-bond donors (Lipinski definition) is 2. The number of nitrogens with one attached hydrogen (secondary N) is 2. The van der Waals surface area contributed by atoms with Crippen LogP contribution in [0, 0.1) is 5.92 Å². The summed E-state index contributed by atoms with van der Waals surface area (Å²) < 4.78 is 5.47. The lowest BCUT2D eigenvalue weighted by atomic mass is 10.2. The minimum Gasteiger partial charge on any atom is -0.377 e. The molecular formula is C11H22N2O2. The number of carbonyl (C=O) groups is 1. The first kappa shape index (κ1) is 12.5. The maximum Gasteiger partial charge on any atom is 0.222 e. The molecule has 1 aliphatic rings. The molecule has 1 amide bonds. The Kier molecular flexibility index (Phi) is 5.65. The molecule has 88 valence electrons. The van der Waals surface area contributed by atoms with Crippen molar-refractivity contribution in [1.29, 1.82) is 0 Å². The molecule has 0 aromatic heterocycles. The van der Waals surface area contributed by atoms with E-state index in [4.69, 9.17) is 4.74 Å². The van der Waals surface area contributed by atoms with Crippen LogP contribution in [0.1, 0.15) is 26.7 Å². The molecule has 1 saturated heterocycles. The van der Waals surface area contributed by atoms with Gasteiger partial charge in [0, 0.05) is 32.2 Å². The number of ether oxygens (including phenoxy) is 1. The van der Waals surface area contributed by atoms with Gasteiger partial charge in [-0.3, -0.25) is 4.79 Å². The second-order valence-corrected chi connectivity index (χ2v) is 4.28. The van der Waals surface area contributed by atoms with Crippen LogP contribution < -0.4 is 10.6 Å². The molecule has 4 heteroatoms. The average molecular weight is 214 g/mol. The van der Waals surface area contributed by atoms with E-state index in [1.807, 2.05) is 13.8 Å². The minimum absolute atomic E-state index is 0.0724. The van der Waals surface area contributed by atoms with E-state index in [0.29, 0.717) is 12.6 Å². The van der Waals surface area contributed by atoms with Gasteiger partial charge in [-0.05, 0) is 12.8 Å². The van der Waals surface area contributed by atoms with Crippen LogP contribution in [0.2, 0.25) is 0 Å². The van der Waals surface area contributed by atoms with Gasteiger partial charge in [0.15, 0.2) is 0 Å². The number of hydrogen-bond acceptors (Lipinski definition) is 3. The van der Waals surface area contributed by atoms with Crippen LogP contribution in [0.25, 0.3) is 0 Å². The summed E-state index contributed by atoms with van der Waals surface area (Å²) in [5.41, 5.74) is 0. The van der Waals surface area contributed by atoms with Crippen molar-refractivity contribution in [3.8, 4) is 0 Å². The normalized spacial score (nSPS) is 20.9. The Balaban J connectivity index is 1.90. The summed E-state index contributed by atoms with van der Waals surface area (Å²) in [6, 6.07) is 0. The molecule has 1 aliphatic heterocycles. The predicted molar refractivity (Wildman–Crippen MR) is 59.7 cm³/mol. The molecule has 1 rings (SSSR count). The fourth-order valence-corrected chi connectivity index (χ4v) is 1.55. The molecule has 0 bridgehead atoms. The van der Waals surface area contributed by atoms with Crippen LogP contribution in [0.15, 0.2) is 0 Å². The van der Waals surface area contributed by atoms with Gasteiger partial charge in [-0.2, -0.15) is 0 Å². The highest BCUT2D eigenvalue weighted by Gasteiger charge is 2.14. The van der Waals surface area contributed by atoms with Gasteiger partial charge in [0.05, 0.1) is 6.10 Å². The lowest BCUT2D eigenvalue weighted by Gasteiger charge is -2.11. The summed E-state index contributed by atoms with van der Waals surface area (Å²) in [7, 11) is 0. The largest absolute Gasteiger partial charge is 0.377 e. The molecule has 0 aliphatic carbocycles. The molecule has 1 fully saturated rings. The minimum atomic E-state index is 0.0724. The van der Waals surface area contributed by atoms with Crippen molar-refractivity contribution in [2.24, 2.45) is 5.92 Å². The van der Waals surface area contributed by atoms with Crippen LogP contribution in [0.5, 0.6) is 0 Å². The maximum atomic E-state index is 11.2. The van der Waals surface area contributed by atoms with Crippen LogP contribution in [-0.4, -0.2) is 38.3 Å². The lowest BCUT2D eigenvalue weighted by Crippen LogP contribution is -2.36. The third kappa shape index (κ3) is 5.14. The summed E-state index contributed by atoms with van der Waals surface area (Å²) in [5.74, 6) is 0.192. The first-order chi connectivity index (χ1) is 7.20. The van der Waals surface area contributed by atoms with Crippen LogP contribution in [0.3, 0.4) is 0 Å². The van der Waals surface area contributed by atoms with Crippen molar-refractivity contribution in [2.45, 2.75) is 32.8 Å². The zero-order valence-corrected chi connectivity index (χ0v) is 9.71. The van der Waals surface area contributed by atoms with Crippen molar-refractivity contribution in [1.82, 2.24) is 10.6 Å². The van der Waals surface area contributed by atoms with Crippen molar-refractivity contribution in [3.63, 3.8) is 0 Å². The Morgan fingerprint density at radius 1 is 1.47 bits per heavy atom. The third-order valence-electron chi connectivity index (χ3n) is 2.52. The van der Waals surface area contributed by atoms with E-state index in [1.54, 1.807) is 0 Å². The van der Waals surface area contributed by atoms with E-state index < -0.39 is 0 Å². The standard InChI is InChI=1S/C11H22N2O2/c1-9(2)11(14)13-6-5-12-8-10-4-3-7-15-10/h9-10,12H,3-8H2,1-2H3,(H,13,14). The zero-order valence-electron chi connectivity index (χ0n) is 9.71. The molecule has 0 aromatic carbocycles. The molecule has 0 spiro atoms. The molecule has 15 heavy (non-hydrogen) atoms. The maximum absolute atomic E-state index is 11.2. The molecule has 0 aromatic rings. The number of rotatable bonds is 6. The van der Waals surface area contributed by atoms with Crippen LogP contribution >= 0.6 is 0 Å². The van der Waals surface area contributed by atoms with Gasteiger partial charge >= 0.3 is 0 Å². The second-order valence-electron chi connectivity index (χ2n) is 4.28. The highest BCUT2D eigenvalue weighted by atomic mass is 16.5. The zero-order chi connectivity index (χ0) is 11.1. The van der Waals surface area contributed by atoms with E-state index >= 15 is 0 Å². The fourth-order valence-electron chi connectivity index (χ4n) is 1.55. The van der Waals surface area contributed by atoms with Gasteiger partial charge in [-0.25, -0.2) is 0 Å². The Morgan fingerprint density at radius 3 is 2.87 bits per heavy atom. The molecule has 0 saturated carbocycles. The quantitative estimate of drug-likeness (QED) is 0.634. The fraction of sp³-hybridized carbons (Fsp3) is 0.909. The Hall–Kier alpha value is -0.610. The predicted octanol–water partition coefficient (Wildman–Crippen LogP) is 0.527. The van der Waals surface area contributed by atoms with Gasteiger partial charge in [0.2, 0.25) is 5.91 Å². The van der Waals surface area contributed by atoms with Crippen molar-refractivity contribution in [3.05, 3.63) is 0 Å². The van der Waals surface area contributed by atoms with Crippen molar-refractivity contribution < 1.29 is 9.53 Å². The van der Waals surface area contributed by atoms with E-state index in [0.717, 1.165) is 26.1 Å². The topological polar surface area (TPSA) is 50.4 Å². The van der Waals surface area contributed by atoms with E-state index in [1.165, 1.54) is 6.42 Å². The molecule has 0 radical (unpaired) electrons. The molecular weight excluding hydrogens is 192 g/mol. The van der Waals surface area contributed by atoms with E-state index in [-0.39, 0.29) is 11.8 Å². The van der Waals surface area contributed by atoms with Gasteiger partial charge in [-0.15, -0.1) is 0 Å². The Bertz CT molecular complexity index is 189. The van der Waals surface area contributed by atoms with Gasteiger partial charge < -0.3 is 15.4 Å². The van der Waals surface area contributed by atoms with E-state index in [2.05, 4.69) is 10.6 Å². The summed E-state index contributed by atoms with van der Waals surface area (Å²) in [6.45, 7) is 7.11. The van der Waals surface area contributed by atoms with Gasteiger partial charge in [-0.1, -0.05) is 13.8 Å². The molecule has 1 unspecified atom stereocenters. The van der Waals surface area contributed by atoms with Crippen LogP contribution in [0.4, 0.5) is 0 Å². The van der Waals surface area contributed by atoms with Crippen molar-refractivity contribution >= 4 is 5.91 Å². The number of amides is 1. The lowest BCUT2D eigenvalue weighted by molar-refractivity contribution is -0.123. The van der Waals surface area contributed by atoms with Crippen molar-refractivity contribution in [2.75, 3.05) is 26.2 Å². The van der Waals surface area contributed by atoms with Gasteiger partial charge in [0.25, 0.3) is 0 Å². The molecule has 4 nitrogen and oxygen atoms in total. The highest BCUT2D eigenvalue weighted by Crippen LogP contribution is 2.10. The van der Waals surface area contributed by atoms with Crippen LogP contribution in [-0.2, 0) is 9.53 Å². The Morgan fingerprint density at radius 2 is 2.27 bits per heavy atom. The summed E-state index contributed by atoms with van der Waals surface area (Å²) >= 11 is 0. The smallest absolute Gasteiger partial charge is 0.222 e. The molecule has 2 N–H and O–H groups in total. The highest BCUT2D eigenvalue weighted by molar-refractivity contribution is 5.77. The molecule has 1 atom stereocenters. The molecule has 1 heterocycles. The summed E-state index contributed by atoms with van der Waals surface area (Å²) in [5, 5.41) is 6.15. The monoisotopic (exact) mass is 214 g/mol. The third-order valence-corrected chi connectivity index (χ3v) is 2.52. The summed E-state index contributed by atoms with van der Waals surface area (Å²) in [6.07, 6.45) is 2.72. The second kappa shape index (κ2) is 6.80. The summed E-state index contributed by atoms with van der Waals surface area (Å²) in [4.78, 5) is 11.2. The first-order valence-corrected chi connectivity index (χ1v) is 5.80. The average Bonchev–Trinajstić information content (AvgIpc) is 2.69. The van der Waals surface area contributed by atoms with Gasteiger partial charge in [0.1, 0.15) is 0 Å². The Labute approximate surface area is 91.8 Å². The van der Waals surface area contributed by atoms with E-state index in [9.17, 15) is 4.79 Å². The first-order valence-electron chi connectivity index (χ1n) is 5.80. The number of carbonyl (C=O) groups excluding carboxylic acids is 1. The SMILES string of the molecule is CC(C)C(=O)NCCNCC1CCCO1.